The predicted octanol–water partition coefficient (Wildman–Crippen LogP) is 2.45. The van der Waals surface area contributed by atoms with E-state index in [-0.39, 0.29) is 0 Å². The molecule has 1 fully saturated rings. The SMILES string of the molecule is C=CN1CC2CCCCC2=CO1. The van der Waals surface area contributed by atoms with Crippen molar-refractivity contribution < 1.29 is 4.84 Å². The van der Waals surface area contributed by atoms with E-state index in [1.807, 2.05) is 11.3 Å². The topological polar surface area (TPSA) is 12.5 Å². The average molecular weight is 165 g/mol. The highest BCUT2D eigenvalue weighted by Gasteiger charge is 2.24. The maximum Gasteiger partial charge on any atom is 0.119 e. The molecule has 0 amide bonds. The van der Waals surface area contributed by atoms with Crippen molar-refractivity contribution in [3.8, 4) is 0 Å². The third-order valence-corrected chi connectivity index (χ3v) is 2.74. The molecule has 1 heterocycles. The highest BCUT2D eigenvalue weighted by atomic mass is 16.7. The lowest BCUT2D eigenvalue weighted by molar-refractivity contribution is -0.0822. The zero-order valence-electron chi connectivity index (χ0n) is 7.33. The molecule has 0 bridgehead atoms. The Balaban J connectivity index is 2.07. The van der Waals surface area contributed by atoms with Crippen LogP contribution in [0.1, 0.15) is 25.7 Å². The summed E-state index contributed by atoms with van der Waals surface area (Å²) >= 11 is 0. The van der Waals surface area contributed by atoms with Gasteiger partial charge in [-0.25, -0.2) is 5.06 Å². The van der Waals surface area contributed by atoms with Gasteiger partial charge in [-0.15, -0.1) is 0 Å². The molecule has 0 saturated heterocycles. The lowest BCUT2D eigenvalue weighted by Gasteiger charge is -2.33. The van der Waals surface area contributed by atoms with Gasteiger partial charge >= 0.3 is 0 Å². The van der Waals surface area contributed by atoms with Gasteiger partial charge in [0.2, 0.25) is 0 Å². The summed E-state index contributed by atoms with van der Waals surface area (Å²) in [5.41, 5.74) is 1.50. The molecule has 1 unspecified atom stereocenters. The number of hydroxylamine groups is 2. The molecule has 1 atom stereocenters. The fourth-order valence-electron chi connectivity index (χ4n) is 1.99. The standard InChI is InChI=1S/C10H15NO/c1-2-11-7-9-5-3-4-6-10(9)8-12-11/h2,8-9H,1,3-7H2. The maximum absolute atomic E-state index is 5.35. The van der Waals surface area contributed by atoms with Gasteiger partial charge in [0.05, 0.1) is 6.54 Å². The summed E-state index contributed by atoms with van der Waals surface area (Å²) in [6.45, 7) is 4.69. The lowest BCUT2D eigenvalue weighted by atomic mass is 9.84. The van der Waals surface area contributed by atoms with E-state index in [4.69, 9.17) is 4.84 Å². The van der Waals surface area contributed by atoms with Crippen molar-refractivity contribution in [2.75, 3.05) is 6.54 Å². The summed E-state index contributed by atoms with van der Waals surface area (Å²) in [7, 11) is 0. The minimum absolute atomic E-state index is 0.727. The summed E-state index contributed by atoms with van der Waals surface area (Å²) in [4.78, 5) is 5.35. The van der Waals surface area contributed by atoms with Crippen LogP contribution in [-0.4, -0.2) is 11.6 Å². The van der Waals surface area contributed by atoms with Crippen LogP contribution in [0, 0.1) is 5.92 Å². The smallest absolute Gasteiger partial charge is 0.119 e. The van der Waals surface area contributed by atoms with Gasteiger partial charge < -0.3 is 4.84 Å². The molecule has 0 radical (unpaired) electrons. The van der Waals surface area contributed by atoms with Gasteiger partial charge in [0.1, 0.15) is 6.26 Å². The highest BCUT2D eigenvalue weighted by Crippen LogP contribution is 2.32. The van der Waals surface area contributed by atoms with E-state index in [9.17, 15) is 0 Å². The summed E-state index contributed by atoms with van der Waals surface area (Å²) in [6, 6.07) is 0. The van der Waals surface area contributed by atoms with Gasteiger partial charge in [0.15, 0.2) is 0 Å². The molecule has 12 heavy (non-hydrogen) atoms. The normalized spacial score (nSPS) is 28.5. The van der Waals surface area contributed by atoms with Crippen LogP contribution in [0.5, 0.6) is 0 Å². The number of nitrogens with zero attached hydrogens (tertiary/aromatic N) is 1. The predicted molar refractivity (Wildman–Crippen MR) is 48.0 cm³/mol. The fraction of sp³-hybridized carbons (Fsp3) is 0.600. The lowest BCUT2D eigenvalue weighted by Crippen LogP contribution is -2.30. The largest absolute Gasteiger partial charge is 0.388 e. The van der Waals surface area contributed by atoms with Crippen molar-refractivity contribution in [3.63, 3.8) is 0 Å². The average Bonchev–Trinajstić information content (AvgIpc) is 2.17. The van der Waals surface area contributed by atoms with Gasteiger partial charge in [-0.1, -0.05) is 13.0 Å². The molecule has 2 aliphatic rings. The van der Waals surface area contributed by atoms with E-state index in [1.54, 1.807) is 6.20 Å². The first-order chi connectivity index (χ1) is 5.90. The third kappa shape index (κ3) is 1.33. The Kier molecular flexibility index (Phi) is 2.07. The van der Waals surface area contributed by atoms with Crippen LogP contribution in [0.4, 0.5) is 0 Å². The number of rotatable bonds is 1. The Morgan fingerprint density at radius 1 is 1.58 bits per heavy atom. The van der Waals surface area contributed by atoms with Crippen LogP contribution >= 0.6 is 0 Å². The molecule has 0 aromatic rings. The van der Waals surface area contributed by atoms with Crippen LogP contribution in [-0.2, 0) is 4.84 Å². The van der Waals surface area contributed by atoms with Crippen LogP contribution in [0.3, 0.4) is 0 Å². The minimum atomic E-state index is 0.727. The van der Waals surface area contributed by atoms with Crippen molar-refractivity contribution in [1.82, 2.24) is 5.06 Å². The molecule has 0 spiro atoms. The molecule has 2 nitrogen and oxygen atoms in total. The zero-order valence-corrected chi connectivity index (χ0v) is 7.33. The molecule has 1 aliphatic heterocycles. The van der Waals surface area contributed by atoms with Crippen LogP contribution < -0.4 is 0 Å². The fourth-order valence-corrected chi connectivity index (χ4v) is 1.99. The van der Waals surface area contributed by atoms with E-state index in [0.29, 0.717) is 0 Å². The Morgan fingerprint density at radius 2 is 2.50 bits per heavy atom. The number of hydrogen-bond acceptors (Lipinski definition) is 2. The second-order valence-electron chi connectivity index (χ2n) is 3.52. The van der Waals surface area contributed by atoms with E-state index >= 15 is 0 Å². The summed E-state index contributed by atoms with van der Waals surface area (Å²) < 4.78 is 0. The number of hydrogen-bond donors (Lipinski definition) is 0. The maximum atomic E-state index is 5.35. The molecule has 2 rings (SSSR count). The van der Waals surface area contributed by atoms with Crippen molar-refractivity contribution in [3.05, 3.63) is 24.6 Å². The summed E-state index contributed by atoms with van der Waals surface area (Å²) in [5, 5.41) is 1.82. The molecule has 2 heteroatoms. The van der Waals surface area contributed by atoms with Crippen LogP contribution in [0.2, 0.25) is 0 Å². The van der Waals surface area contributed by atoms with Gasteiger partial charge in [-0.05, 0) is 24.8 Å². The summed E-state index contributed by atoms with van der Waals surface area (Å²) in [6.07, 6.45) is 8.92. The van der Waals surface area contributed by atoms with Crippen LogP contribution in [0.25, 0.3) is 0 Å². The second-order valence-corrected chi connectivity index (χ2v) is 3.52. The Morgan fingerprint density at radius 3 is 3.33 bits per heavy atom. The molecular formula is C10H15NO. The van der Waals surface area contributed by atoms with Gasteiger partial charge in [0, 0.05) is 12.1 Å². The first-order valence-corrected chi connectivity index (χ1v) is 4.65. The Bertz CT molecular complexity index is 210. The first kappa shape index (κ1) is 7.71. The Hall–Kier alpha value is -0.920. The van der Waals surface area contributed by atoms with Crippen molar-refractivity contribution in [2.24, 2.45) is 5.92 Å². The molecule has 0 N–H and O–H groups in total. The molecule has 0 aromatic heterocycles. The molecular weight excluding hydrogens is 150 g/mol. The number of fused-ring (bicyclic) bond motifs is 1. The molecule has 0 aromatic carbocycles. The van der Waals surface area contributed by atoms with Gasteiger partial charge in [-0.2, -0.15) is 0 Å². The van der Waals surface area contributed by atoms with E-state index < -0.39 is 0 Å². The quantitative estimate of drug-likeness (QED) is 0.591. The molecule has 1 aliphatic carbocycles. The first-order valence-electron chi connectivity index (χ1n) is 4.65. The van der Waals surface area contributed by atoms with Crippen molar-refractivity contribution in [1.29, 1.82) is 0 Å². The van der Waals surface area contributed by atoms with Gasteiger partial charge in [0.25, 0.3) is 0 Å². The van der Waals surface area contributed by atoms with E-state index in [0.717, 1.165) is 12.5 Å². The molecule has 1 saturated carbocycles. The second kappa shape index (κ2) is 3.21. The van der Waals surface area contributed by atoms with Crippen molar-refractivity contribution in [2.45, 2.75) is 25.7 Å². The minimum Gasteiger partial charge on any atom is -0.388 e. The monoisotopic (exact) mass is 165 g/mol. The third-order valence-electron chi connectivity index (χ3n) is 2.74. The zero-order chi connectivity index (χ0) is 8.39. The van der Waals surface area contributed by atoms with Crippen molar-refractivity contribution >= 4 is 0 Å². The molecule has 66 valence electrons. The summed E-state index contributed by atoms with van der Waals surface area (Å²) in [5.74, 6) is 0.727. The van der Waals surface area contributed by atoms with E-state index in [2.05, 4.69) is 6.58 Å². The van der Waals surface area contributed by atoms with Gasteiger partial charge in [-0.3, -0.25) is 0 Å². The Labute approximate surface area is 73.5 Å². The van der Waals surface area contributed by atoms with Crippen LogP contribution in [0.15, 0.2) is 24.6 Å². The highest BCUT2D eigenvalue weighted by molar-refractivity contribution is 5.09. The van der Waals surface area contributed by atoms with E-state index in [1.165, 1.54) is 31.3 Å².